The molecule has 4 nitrogen and oxygen atoms in total. The Labute approximate surface area is 126 Å². The smallest absolute Gasteiger partial charge is 0.292 e. The number of hydrogen-bond acceptors (Lipinski definition) is 3. The summed E-state index contributed by atoms with van der Waals surface area (Å²) in [6, 6.07) is 18.5. The van der Waals surface area contributed by atoms with Crippen LogP contribution >= 0.6 is 11.6 Å². The van der Waals surface area contributed by atoms with Crippen molar-refractivity contribution in [1.82, 2.24) is 9.78 Å². The first-order chi connectivity index (χ1) is 10.2. The molecule has 0 saturated carbocycles. The largest absolute Gasteiger partial charge is 0.396 e. The highest BCUT2D eigenvalue weighted by atomic mass is 35.5. The van der Waals surface area contributed by atoms with E-state index in [1.165, 1.54) is 4.68 Å². The molecule has 0 aliphatic carbocycles. The first-order valence-corrected chi connectivity index (χ1v) is 6.75. The van der Waals surface area contributed by atoms with Gasteiger partial charge in [-0.15, -0.1) is 0 Å². The van der Waals surface area contributed by atoms with Gasteiger partial charge in [0.1, 0.15) is 10.7 Å². The number of rotatable bonds is 2. The fraction of sp³-hybridized carbons (Fsp3) is 0. The molecule has 3 aromatic rings. The second-order valence-corrected chi connectivity index (χ2v) is 4.87. The lowest BCUT2D eigenvalue weighted by Crippen LogP contribution is -2.23. The van der Waals surface area contributed by atoms with E-state index >= 15 is 0 Å². The number of anilines is 1. The maximum absolute atomic E-state index is 12.3. The van der Waals surface area contributed by atoms with Crippen LogP contribution in [0, 0.1) is 0 Å². The van der Waals surface area contributed by atoms with E-state index in [4.69, 9.17) is 17.3 Å². The van der Waals surface area contributed by atoms with Gasteiger partial charge in [-0.1, -0.05) is 60.1 Å². The van der Waals surface area contributed by atoms with Crippen LogP contribution in [-0.2, 0) is 0 Å². The molecule has 1 aromatic heterocycles. The lowest BCUT2D eigenvalue weighted by molar-refractivity contribution is 0.815. The Morgan fingerprint density at radius 1 is 0.952 bits per heavy atom. The summed E-state index contributed by atoms with van der Waals surface area (Å²) in [5, 5.41) is 4.35. The third-order valence-electron chi connectivity index (χ3n) is 3.12. The molecule has 104 valence electrons. The minimum Gasteiger partial charge on any atom is -0.396 e. The average Bonchev–Trinajstić information content (AvgIpc) is 2.55. The minimum absolute atomic E-state index is 0.0206. The van der Waals surface area contributed by atoms with Crippen molar-refractivity contribution in [2.75, 3.05) is 5.73 Å². The molecule has 2 N–H and O–H groups in total. The zero-order valence-corrected chi connectivity index (χ0v) is 11.8. The number of hydrogen-bond donors (Lipinski definition) is 1. The number of nitrogens with two attached hydrogens (primary N) is 1. The molecule has 0 bridgehead atoms. The predicted octanol–water partition coefficient (Wildman–Crippen LogP) is 3.14. The lowest BCUT2D eigenvalue weighted by Gasteiger charge is -2.11. The number of aromatic nitrogens is 2. The molecule has 0 fully saturated rings. The van der Waals surface area contributed by atoms with Gasteiger partial charge in [0.25, 0.3) is 5.56 Å². The topological polar surface area (TPSA) is 60.9 Å². The van der Waals surface area contributed by atoms with E-state index in [9.17, 15) is 4.79 Å². The van der Waals surface area contributed by atoms with E-state index in [1.807, 2.05) is 48.5 Å². The molecule has 0 radical (unpaired) electrons. The third-order valence-corrected chi connectivity index (χ3v) is 3.48. The van der Waals surface area contributed by atoms with Gasteiger partial charge in [0.2, 0.25) is 0 Å². The monoisotopic (exact) mass is 297 g/mol. The zero-order valence-electron chi connectivity index (χ0n) is 11.0. The van der Waals surface area contributed by atoms with E-state index in [2.05, 4.69) is 5.10 Å². The molecule has 0 aliphatic rings. The number of nitrogen functional groups attached to an aromatic ring is 1. The number of benzene rings is 2. The summed E-state index contributed by atoms with van der Waals surface area (Å²) in [6.07, 6.45) is 0. The molecule has 0 saturated heterocycles. The van der Waals surface area contributed by atoms with Gasteiger partial charge in [-0.25, -0.2) is 0 Å². The Morgan fingerprint density at radius 3 is 2.14 bits per heavy atom. The molecule has 5 heteroatoms. The van der Waals surface area contributed by atoms with Gasteiger partial charge in [0, 0.05) is 5.56 Å². The standard InChI is InChI=1S/C16H12ClN3O/c17-13-14(18)15(11-7-3-1-4-8-11)19-20(16(13)21)12-9-5-2-6-10-12/h1-10H,18H2. The highest BCUT2D eigenvalue weighted by Crippen LogP contribution is 2.27. The Hall–Kier alpha value is -2.59. The van der Waals surface area contributed by atoms with Crippen LogP contribution in [0.15, 0.2) is 65.5 Å². The summed E-state index contributed by atoms with van der Waals surface area (Å²) in [5.74, 6) is 0. The van der Waals surface area contributed by atoms with Gasteiger partial charge in [-0.05, 0) is 12.1 Å². The van der Waals surface area contributed by atoms with Crippen molar-refractivity contribution in [3.05, 3.63) is 76.0 Å². The minimum atomic E-state index is -0.431. The highest BCUT2D eigenvalue weighted by molar-refractivity contribution is 6.33. The maximum Gasteiger partial charge on any atom is 0.292 e. The van der Waals surface area contributed by atoms with Crippen molar-refractivity contribution in [3.8, 4) is 16.9 Å². The van der Waals surface area contributed by atoms with Crippen LogP contribution in [0.5, 0.6) is 0 Å². The summed E-state index contributed by atoms with van der Waals surface area (Å²) in [5.41, 5.74) is 7.66. The fourth-order valence-electron chi connectivity index (χ4n) is 2.06. The maximum atomic E-state index is 12.3. The van der Waals surface area contributed by atoms with E-state index in [0.717, 1.165) is 5.56 Å². The van der Waals surface area contributed by atoms with Crippen molar-refractivity contribution in [2.24, 2.45) is 0 Å². The lowest BCUT2D eigenvalue weighted by atomic mass is 10.1. The van der Waals surface area contributed by atoms with E-state index in [0.29, 0.717) is 11.4 Å². The molecule has 21 heavy (non-hydrogen) atoms. The summed E-state index contributed by atoms with van der Waals surface area (Å²) in [7, 11) is 0. The Morgan fingerprint density at radius 2 is 1.52 bits per heavy atom. The van der Waals surface area contributed by atoms with Gasteiger partial charge in [0.05, 0.1) is 11.4 Å². The number of halogens is 1. The van der Waals surface area contributed by atoms with Gasteiger partial charge in [0.15, 0.2) is 0 Å². The summed E-state index contributed by atoms with van der Waals surface area (Å²) in [4.78, 5) is 12.3. The molecule has 2 aromatic carbocycles. The molecule has 1 heterocycles. The fourth-order valence-corrected chi connectivity index (χ4v) is 2.23. The van der Waals surface area contributed by atoms with E-state index < -0.39 is 5.56 Å². The molecule has 0 atom stereocenters. The molecule has 0 spiro atoms. The average molecular weight is 298 g/mol. The third kappa shape index (κ3) is 2.41. The number of nitrogens with zero attached hydrogens (tertiary/aromatic N) is 2. The van der Waals surface area contributed by atoms with Crippen molar-refractivity contribution < 1.29 is 0 Å². The van der Waals surface area contributed by atoms with Gasteiger partial charge in [-0.3, -0.25) is 4.79 Å². The van der Waals surface area contributed by atoms with Crippen LogP contribution < -0.4 is 11.3 Å². The van der Waals surface area contributed by atoms with Gasteiger partial charge < -0.3 is 5.73 Å². The molecule has 3 rings (SSSR count). The van der Waals surface area contributed by atoms with Crippen molar-refractivity contribution >= 4 is 17.3 Å². The van der Waals surface area contributed by atoms with Crippen molar-refractivity contribution in [3.63, 3.8) is 0 Å². The zero-order chi connectivity index (χ0) is 14.8. The predicted molar refractivity (Wildman–Crippen MR) is 84.7 cm³/mol. The Bertz CT molecular complexity index is 829. The molecule has 0 amide bonds. The van der Waals surface area contributed by atoms with Crippen LogP contribution in [-0.4, -0.2) is 9.78 Å². The van der Waals surface area contributed by atoms with Crippen LogP contribution in [0.4, 0.5) is 5.69 Å². The molecule has 0 aliphatic heterocycles. The normalized spacial score (nSPS) is 10.5. The second-order valence-electron chi connectivity index (χ2n) is 4.49. The van der Waals surface area contributed by atoms with Crippen LogP contribution in [0.2, 0.25) is 5.02 Å². The highest BCUT2D eigenvalue weighted by Gasteiger charge is 2.15. The Kier molecular flexibility index (Phi) is 3.46. The van der Waals surface area contributed by atoms with Gasteiger partial charge >= 0.3 is 0 Å². The van der Waals surface area contributed by atoms with E-state index in [-0.39, 0.29) is 10.7 Å². The second kappa shape index (κ2) is 5.42. The van der Waals surface area contributed by atoms with Crippen LogP contribution in [0.3, 0.4) is 0 Å². The van der Waals surface area contributed by atoms with Crippen LogP contribution in [0.1, 0.15) is 0 Å². The van der Waals surface area contributed by atoms with Crippen molar-refractivity contribution in [1.29, 1.82) is 0 Å². The number of para-hydroxylation sites is 1. The SMILES string of the molecule is Nc1c(-c2ccccc2)nn(-c2ccccc2)c(=O)c1Cl. The van der Waals surface area contributed by atoms with Gasteiger partial charge in [-0.2, -0.15) is 9.78 Å². The van der Waals surface area contributed by atoms with Crippen molar-refractivity contribution in [2.45, 2.75) is 0 Å². The van der Waals surface area contributed by atoms with E-state index in [1.54, 1.807) is 12.1 Å². The quantitative estimate of drug-likeness (QED) is 0.790. The van der Waals surface area contributed by atoms with Crippen LogP contribution in [0.25, 0.3) is 16.9 Å². The molecule has 0 unspecified atom stereocenters. The summed E-state index contributed by atoms with van der Waals surface area (Å²) < 4.78 is 1.26. The first-order valence-electron chi connectivity index (χ1n) is 6.37. The summed E-state index contributed by atoms with van der Waals surface area (Å²) in [6.45, 7) is 0. The first kappa shape index (κ1) is 13.4. The summed E-state index contributed by atoms with van der Waals surface area (Å²) >= 11 is 6.09. The molecular weight excluding hydrogens is 286 g/mol. The molecular formula is C16H12ClN3O. The Balaban J connectivity index is 2.29.